The minimum atomic E-state index is -4.28. The lowest BCUT2D eigenvalue weighted by Gasteiger charge is -2.39. The van der Waals surface area contributed by atoms with Crippen molar-refractivity contribution < 1.29 is 93.8 Å². The molecule has 0 N–H and O–H groups in total. The largest absolute Gasteiger partial charge is 0.463 e. The van der Waals surface area contributed by atoms with Crippen LogP contribution < -0.4 is 0 Å². The summed E-state index contributed by atoms with van der Waals surface area (Å²) in [6.45, 7) is 73.7. The fourth-order valence-corrected chi connectivity index (χ4v) is 10.8. The highest BCUT2D eigenvalue weighted by Gasteiger charge is 2.45. The number of esters is 8. The summed E-state index contributed by atoms with van der Waals surface area (Å²) in [6, 6.07) is 0. The van der Waals surface area contributed by atoms with Gasteiger partial charge >= 0.3 is 60.1 Å². The molecule has 0 aromatic heterocycles. The van der Waals surface area contributed by atoms with Crippen molar-refractivity contribution in [3.63, 3.8) is 0 Å². The van der Waals surface area contributed by atoms with Gasteiger partial charge in [-0.15, -0.1) is 0 Å². The number of ether oxygens (including phenoxy) is 8. The number of hydrogen-bond donors (Lipinski definition) is 0. The molecule has 0 aliphatic heterocycles. The average Bonchev–Trinajstić information content (AvgIpc) is 0.827. The highest BCUT2D eigenvalue weighted by Crippen LogP contribution is 2.43. The van der Waals surface area contributed by atoms with Gasteiger partial charge in [-0.05, 0) is 314 Å². The van der Waals surface area contributed by atoms with Gasteiger partial charge in [-0.2, -0.15) is 8.78 Å². The lowest BCUT2D eigenvalue weighted by atomic mass is 9.72. The molecule has 676 valence electrons. The Morgan fingerprint density at radius 1 is 0.342 bits per heavy atom. The smallest absolute Gasteiger partial charge is 0.340 e. The number of hydrogen-bond acceptors (Lipinski definition) is 16. The van der Waals surface area contributed by atoms with Gasteiger partial charge < -0.3 is 37.9 Å². The predicted molar refractivity (Wildman–Crippen MR) is 456 cm³/mol. The second-order valence-corrected chi connectivity index (χ2v) is 40.8. The maximum absolute atomic E-state index is 12.4. The monoisotopic (exact) mass is 1640 g/mol. The van der Waals surface area contributed by atoms with E-state index < -0.39 is 30.3 Å². The number of alkyl halides is 4. The molecular weight excluding hydrogens is 1460 g/mol. The van der Waals surface area contributed by atoms with Crippen LogP contribution in [0.15, 0.2) is 0 Å². The van der Waals surface area contributed by atoms with Crippen molar-refractivity contribution in [2.24, 2.45) is 77.8 Å². The number of rotatable bonds is 28. The lowest BCUT2D eigenvalue weighted by molar-refractivity contribution is -0.186. The number of halogens is 4. The minimum absolute atomic E-state index is 0.00618. The van der Waals surface area contributed by atoms with Gasteiger partial charge in [0.25, 0.3) is 0 Å². The molecule has 16 nitrogen and oxygen atoms in total. The summed E-state index contributed by atoms with van der Waals surface area (Å²) in [5, 5.41) is 0. The van der Waals surface area contributed by atoms with Crippen LogP contribution in [0.2, 0.25) is 0 Å². The first-order valence-electron chi connectivity index (χ1n) is 43.9. The summed E-state index contributed by atoms with van der Waals surface area (Å²) in [6.07, 6.45) is 21.5. The van der Waals surface area contributed by atoms with Crippen molar-refractivity contribution in [2.45, 2.75) is 472 Å². The van der Waals surface area contributed by atoms with Gasteiger partial charge in [0.1, 0.15) is 30.5 Å². The molecule has 20 heteroatoms. The first-order valence-corrected chi connectivity index (χ1v) is 43.9. The summed E-state index contributed by atoms with van der Waals surface area (Å²) in [5.74, 6) is -3.81. The van der Waals surface area contributed by atoms with Crippen LogP contribution in [0.3, 0.4) is 0 Å². The quantitative estimate of drug-likeness (QED) is 0.0405. The second-order valence-electron chi connectivity index (χ2n) is 40.8. The molecule has 0 heterocycles. The van der Waals surface area contributed by atoms with Crippen molar-refractivity contribution in [3.8, 4) is 0 Å². The van der Waals surface area contributed by atoms with Gasteiger partial charge in [-0.25, -0.2) is 8.78 Å². The average molecular weight is 1640 g/mol. The fraction of sp³-hybridized carbons (Fsp3) is 0.915. The normalized spacial score (nSPS) is 19.0. The van der Waals surface area contributed by atoms with Crippen LogP contribution in [-0.2, 0) is 76.3 Å². The highest BCUT2D eigenvalue weighted by molar-refractivity contribution is 5.79. The molecule has 0 amide bonds. The van der Waals surface area contributed by atoms with E-state index in [1.54, 1.807) is 6.92 Å². The molecule has 4 rings (SSSR count). The maximum atomic E-state index is 12.4. The van der Waals surface area contributed by atoms with Gasteiger partial charge in [0.2, 0.25) is 0 Å². The SMILES string of the molecule is CCC(C)(C)C(=O)OC(C(C)C)C(C)C.CCC(C)(C)C(=O)OC(C)C.CCC(C)(C)C(=O)OC(C)C.CCC(C)(C)C(=O)OC1CC(C)(C)CCC1C.CCC(C)(C)C(=O)OC1CC(C)(C)CCC1C.CCC(C)(C)C(=O)OC1CCCCC1.CCC(C)(C)C(=O)OC1CCCCC1.CCC(C)(C)C(=O)OCC(F)(F)C(F)F. The third-order valence-corrected chi connectivity index (χ3v) is 23.9. The van der Waals surface area contributed by atoms with Crippen molar-refractivity contribution >= 4 is 47.8 Å². The van der Waals surface area contributed by atoms with E-state index in [1.165, 1.54) is 65.2 Å². The van der Waals surface area contributed by atoms with Gasteiger partial charge in [-0.3, -0.25) is 38.4 Å². The minimum Gasteiger partial charge on any atom is -0.463 e. The fourth-order valence-electron chi connectivity index (χ4n) is 10.8. The van der Waals surface area contributed by atoms with Crippen LogP contribution in [0.1, 0.15) is 417 Å². The van der Waals surface area contributed by atoms with Crippen LogP contribution in [0, 0.1) is 77.8 Å². The molecule has 0 saturated heterocycles. The summed E-state index contributed by atoms with van der Waals surface area (Å²) in [5.41, 5.74) is -2.63. The predicted octanol–water partition coefficient (Wildman–Crippen LogP) is 26.2. The van der Waals surface area contributed by atoms with Gasteiger partial charge in [0.05, 0.1) is 55.5 Å². The molecule has 4 saturated carbocycles. The number of carbonyl (C=O) groups is 8. The zero-order valence-corrected chi connectivity index (χ0v) is 80.1. The summed E-state index contributed by atoms with van der Waals surface area (Å²) in [7, 11) is 0. The van der Waals surface area contributed by atoms with Crippen molar-refractivity contribution in [2.75, 3.05) is 6.61 Å². The molecule has 0 spiro atoms. The highest BCUT2D eigenvalue weighted by atomic mass is 19.3. The molecule has 4 aliphatic rings. The van der Waals surface area contributed by atoms with E-state index in [0.29, 0.717) is 40.9 Å². The Kier molecular flexibility index (Phi) is 53.3. The first-order chi connectivity index (χ1) is 51.6. The van der Waals surface area contributed by atoms with E-state index in [0.717, 1.165) is 96.3 Å². The summed E-state index contributed by atoms with van der Waals surface area (Å²) in [4.78, 5) is 93.3. The van der Waals surface area contributed by atoms with E-state index in [9.17, 15) is 55.9 Å². The van der Waals surface area contributed by atoms with Gasteiger partial charge in [0, 0.05) is 0 Å². The summed E-state index contributed by atoms with van der Waals surface area (Å²) >= 11 is 0. The maximum Gasteiger partial charge on any atom is 0.340 e. The molecule has 0 bridgehead atoms. The molecule has 4 fully saturated rings. The Bertz CT molecular complexity index is 2600. The van der Waals surface area contributed by atoms with E-state index in [2.05, 4.69) is 74.0 Å². The zero-order chi connectivity index (χ0) is 90.4. The molecule has 4 aliphatic carbocycles. The standard InChI is InChI=1S/2C15H28O2.C13H26O2.2C12H22O2.C9H14F4O2.2C9H18O2/c2*1-7-15(5,6)13(16)17-12-10-14(3,4)9-8-11(12)2;1-8-13(6,7)12(14)15-11(9(2)3)10(4)5;2*1-4-12(2,3)11(13)14-10-8-6-5-7-9-10;1-4-8(2,3)7(14)15-5-9(12,13)6(10)11;2*1-6-9(4,5)8(10)11-7(2)3/h2*11-12H,7-10H2,1-6H3;9-11H,8H2,1-7H3;2*10H,4-9H2,1-3H3;6H,4-5H2,1-3H3;2*7H,6H2,1-5H3. The Hall–Kier alpha value is -4.52. The van der Waals surface area contributed by atoms with Gasteiger partial charge in [0.15, 0.2) is 6.61 Å². The Labute approximate surface area is 695 Å². The lowest BCUT2D eigenvalue weighted by Crippen LogP contribution is -2.39. The topological polar surface area (TPSA) is 210 Å². The molecule has 4 atom stereocenters. The van der Waals surface area contributed by atoms with Crippen LogP contribution in [-0.4, -0.2) is 109 Å². The molecule has 0 radical (unpaired) electrons. The van der Waals surface area contributed by atoms with Crippen LogP contribution in [0.25, 0.3) is 0 Å². The Morgan fingerprint density at radius 3 is 0.798 bits per heavy atom. The van der Waals surface area contributed by atoms with Crippen molar-refractivity contribution in [3.05, 3.63) is 0 Å². The Balaban J connectivity index is -0.000000609. The molecule has 4 unspecified atom stereocenters. The van der Waals surface area contributed by atoms with E-state index in [4.69, 9.17) is 33.2 Å². The zero-order valence-electron chi connectivity index (χ0n) is 80.1. The second kappa shape index (κ2) is 52.5. The van der Waals surface area contributed by atoms with E-state index in [1.807, 2.05) is 173 Å². The van der Waals surface area contributed by atoms with Crippen molar-refractivity contribution in [1.29, 1.82) is 0 Å². The summed E-state index contributed by atoms with van der Waals surface area (Å²) < 4.78 is 90.6. The molecular formula is C94H176F4O16. The number of carbonyl (C=O) groups excluding carboxylic acids is 8. The molecule has 0 aromatic carbocycles. The molecule has 114 heavy (non-hydrogen) atoms. The third-order valence-electron chi connectivity index (χ3n) is 23.9. The van der Waals surface area contributed by atoms with Crippen LogP contribution >= 0.6 is 0 Å². The van der Waals surface area contributed by atoms with Crippen LogP contribution in [0.4, 0.5) is 17.6 Å². The van der Waals surface area contributed by atoms with Gasteiger partial charge in [-0.1, -0.05) is 137 Å². The van der Waals surface area contributed by atoms with Crippen molar-refractivity contribution in [1.82, 2.24) is 0 Å². The third kappa shape index (κ3) is 46.7. The van der Waals surface area contributed by atoms with E-state index in [-0.39, 0.29) is 122 Å². The molecule has 0 aromatic rings. The first kappa shape index (κ1) is 116. The van der Waals surface area contributed by atoms with Crippen LogP contribution in [0.5, 0.6) is 0 Å². The Morgan fingerprint density at radius 2 is 0.570 bits per heavy atom. The van der Waals surface area contributed by atoms with E-state index >= 15 is 0 Å².